The molecule has 0 saturated heterocycles. The normalized spacial score (nSPS) is 20.3. The van der Waals surface area contributed by atoms with Crippen LogP contribution >= 0.6 is 0 Å². The lowest BCUT2D eigenvalue weighted by molar-refractivity contribution is 1.25. The lowest BCUT2D eigenvalue weighted by atomic mass is 9.94. The van der Waals surface area contributed by atoms with Crippen LogP contribution in [0.2, 0.25) is 0 Å². The Morgan fingerprint density at radius 3 is 1.34 bits per heavy atom. The third kappa shape index (κ3) is 5.38. The number of nitrogens with one attached hydrogen (secondary N) is 1. The van der Waals surface area contributed by atoms with E-state index in [9.17, 15) is 5.48 Å². The molecule has 0 saturated carbocycles. The average molecular weight is 696 g/mol. The first-order chi connectivity index (χ1) is 34.6. The second-order valence-corrected chi connectivity index (χ2v) is 11.9. The molecule has 4 heterocycles. The Hall–Kier alpha value is -7.10. The highest BCUT2D eigenvalue weighted by molar-refractivity contribution is 6.35. The standard InChI is InChI=1S/C50H33N3/c1-6-16-33(17-7-1)47-39-32-40(38-25-15-5-14-24-37(38)39)48(34-18-8-2-9-19-34)42-27-29-44(52-42)50(36-22-12-4-13-23-36)46-31-30-45(53-46)49(35-20-10-3-11-21-35)43-28-26-41(47)51-43/h1-32,51H/i1D,2D,3D,4D,6D,7D,8D,9D,10D,11D,12D,13D,16D,17D,18D,19D,20D,21D,22D,23D. The predicted molar refractivity (Wildman–Crippen MR) is 219 cm³/mol. The summed E-state index contributed by atoms with van der Waals surface area (Å²) in [5, 5.41) is 0.146. The van der Waals surface area contributed by atoms with Crippen molar-refractivity contribution in [3.63, 3.8) is 0 Å². The Balaban J connectivity index is 1.51. The predicted octanol–water partition coefficient (Wildman–Crippen LogP) is 9.77. The van der Waals surface area contributed by atoms with Crippen LogP contribution in [-0.2, 0) is 0 Å². The highest BCUT2D eigenvalue weighted by Crippen LogP contribution is 2.44. The number of rotatable bonds is 4. The smallest absolute Gasteiger partial charge is 0.0738 e. The summed E-state index contributed by atoms with van der Waals surface area (Å²) in [6.07, 6.45) is 5.77. The van der Waals surface area contributed by atoms with Gasteiger partial charge in [-0.3, -0.25) is 0 Å². The molecule has 0 unspecified atom stereocenters. The van der Waals surface area contributed by atoms with E-state index in [-0.39, 0.29) is 89.2 Å². The summed E-state index contributed by atoms with van der Waals surface area (Å²) in [5.74, 6) is 0. The number of hydrogen-bond acceptors (Lipinski definition) is 2. The Morgan fingerprint density at radius 2 is 0.792 bits per heavy atom. The van der Waals surface area contributed by atoms with E-state index in [1.54, 1.807) is 36.4 Å². The van der Waals surface area contributed by atoms with Crippen LogP contribution in [-0.4, -0.2) is 16.4 Å². The molecule has 8 bridgehead atoms. The lowest BCUT2D eigenvalue weighted by Crippen LogP contribution is -2.19. The van der Waals surface area contributed by atoms with Gasteiger partial charge in [-0.05, 0) is 87.0 Å². The van der Waals surface area contributed by atoms with Gasteiger partial charge in [0, 0.05) is 33.0 Å². The average Bonchev–Trinajstić information content (AvgIpc) is 4.20. The molecule has 1 aromatic heterocycles. The van der Waals surface area contributed by atoms with Gasteiger partial charge in [-0.2, -0.15) is 0 Å². The Morgan fingerprint density at radius 1 is 0.377 bits per heavy atom. The van der Waals surface area contributed by atoms with Crippen LogP contribution in [0.4, 0.5) is 0 Å². The zero-order chi connectivity index (χ0) is 52.5. The highest BCUT2D eigenvalue weighted by atomic mass is 14.8. The quantitative estimate of drug-likeness (QED) is 0.191. The van der Waals surface area contributed by atoms with Crippen molar-refractivity contribution in [1.82, 2.24) is 4.98 Å². The first kappa shape index (κ1) is 16.5. The first-order valence-electron chi connectivity index (χ1n) is 26.4. The van der Waals surface area contributed by atoms with Crippen molar-refractivity contribution in [2.45, 2.75) is 0 Å². The van der Waals surface area contributed by atoms with Crippen molar-refractivity contribution < 1.29 is 27.4 Å². The lowest BCUT2D eigenvalue weighted by Gasteiger charge is -2.12. The Bertz CT molecular complexity index is 3910. The summed E-state index contributed by atoms with van der Waals surface area (Å²) in [6.45, 7) is 0. The Kier molecular flexibility index (Phi) is 4.01. The van der Waals surface area contributed by atoms with Crippen LogP contribution in [0.5, 0.6) is 0 Å². The van der Waals surface area contributed by atoms with Gasteiger partial charge in [-0.1, -0.05) is 151 Å². The molecule has 0 atom stereocenters. The van der Waals surface area contributed by atoms with Crippen LogP contribution in [0.3, 0.4) is 0 Å². The van der Waals surface area contributed by atoms with E-state index < -0.39 is 121 Å². The van der Waals surface area contributed by atoms with Crippen molar-refractivity contribution in [1.29, 1.82) is 0 Å². The summed E-state index contributed by atoms with van der Waals surface area (Å²) in [4.78, 5) is 13.2. The largest absolute Gasteiger partial charge is 0.354 e. The molecule has 3 nitrogen and oxygen atoms in total. The third-order valence-electron chi connectivity index (χ3n) is 8.98. The molecule has 53 heavy (non-hydrogen) atoms. The van der Waals surface area contributed by atoms with Crippen LogP contribution in [0, 0.1) is 0 Å². The fourth-order valence-electron chi connectivity index (χ4n) is 6.80. The summed E-state index contributed by atoms with van der Waals surface area (Å²) >= 11 is 0. The molecular weight excluding hydrogens is 643 g/mol. The van der Waals surface area contributed by atoms with Gasteiger partial charge in [0.15, 0.2) is 0 Å². The maximum absolute atomic E-state index is 9.30. The van der Waals surface area contributed by atoms with E-state index >= 15 is 0 Å². The van der Waals surface area contributed by atoms with Crippen LogP contribution < -0.4 is 10.7 Å². The fourth-order valence-corrected chi connectivity index (χ4v) is 6.80. The van der Waals surface area contributed by atoms with E-state index in [0.29, 0.717) is 11.1 Å². The van der Waals surface area contributed by atoms with E-state index in [1.807, 2.05) is 0 Å². The summed E-state index contributed by atoms with van der Waals surface area (Å²) in [7, 11) is 0. The molecule has 5 aliphatic rings. The number of aromatic nitrogens is 1. The van der Waals surface area contributed by atoms with E-state index in [2.05, 4.69) is 4.98 Å². The second kappa shape index (κ2) is 12.9. The number of aliphatic imine (C=N–C) groups is 2. The van der Waals surface area contributed by atoms with Gasteiger partial charge in [0.2, 0.25) is 0 Å². The molecule has 0 amide bonds. The SMILES string of the molecule is [2H]c1c([2H])c([2H])c(C2=C3C=CC(=N3)C(c3c([2H])c([2H])c([2H])c([2H])c3[2H])=c3ccc([nH]3)=C(c3c([2H])c([2H])c([2H])c([2H])c3[2H])c3cc(c4cccccc3-4)C(c3c([2H])c([2H])c([2H])c([2H])c3[2H])=C3C=CC2=N3)c([2H])c1[2H]. The zero-order valence-electron chi connectivity index (χ0n) is 47.3. The molecule has 248 valence electrons. The zero-order valence-corrected chi connectivity index (χ0v) is 27.3. The molecular formula is C50H33N3. The number of aromatic amines is 1. The van der Waals surface area contributed by atoms with Crippen LogP contribution in [0.1, 0.15) is 60.8 Å². The van der Waals surface area contributed by atoms with E-state index in [4.69, 9.17) is 31.9 Å². The minimum Gasteiger partial charge on any atom is -0.354 e. The molecule has 4 aromatic carbocycles. The highest BCUT2D eigenvalue weighted by Gasteiger charge is 2.27. The molecule has 0 spiro atoms. The molecule has 0 radical (unpaired) electrons. The van der Waals surface area contributed by atoms with Gasteiger partial charge in [-0.25, -0.2) is 9.98 Å². The van der Waals surface area contributed by atoms with Gasteiger partial charge < -0.3 is 4.98 Å². The van der Waals surface area contributed by atoms with Crippen molar-refractivity contribution in [3.05, 3.63) is 249 Å². The number of fused-ring (bicyclic) bond motifs is 9. The van der Waals surface area contributed by atoms with E-state index in [0.717, 1.165) is 0 Å². The third-order valence-corrected chi connectivity index (χ3v) is 8.98. The van der Waals surface area contributed by atoms with Crippen molar-refractivity contribution in [3.8, 4) is 11.1 Å². The summed E-state index contributed by atoms with van der Waals surface area (Å²) in [6, 6.07) is -0.143. The number of nitrogens with zero attached hydrogens (tertiary/aromatic N) is 2. The van der Waals surface area contributed by atoms with Crippen molar-refractivity contribution in [2.24, 2.45) is 9.98 Å². The van der Waals surface area contributed by atoms with Crippen molar-refractivity contribution >= 4 is 33.7 Å². The molecule has 2 aliphatic carbocycles. The molecule has 1 N–H and O–H groups in total. The molecule has 3 heteroatoms. The van der Waals surface area contributed by atoms with E-state index in [1.165, 1.54) is 36.4 Å². The first-order valence-corrected chi connectivity index (χ1v) is 16.4. The fraction of sp³-hybridized carbons (Fsp3) is 0. The minimum absolute atomic E-state index is 0.0164. The summed E-state index contributed by atoms with van der Waals surface area (Å²) < 4.78 is 177. The second-order valence-electron chi connectivity index (χ2n) is 11.9. The van der Waals surface area contributed by atoms with Gasteiger partial charge in [-0.15, -0.1) is 0 Å². The maximum atomic E-state index is 9.30. The van der Waals surface area contributed by atoms with Crippen LogP contribution in [0.15, 0.2) is 215 Å². The molecule has 3 aliphatic heterocycles. The number of hydrogen-bond donors (Lipinski definition) is 1. The van der Waals surface area contributed by atoms with Crippen molar-refractivity contribution in [2.75, 3.05) is 0 Å². The topological polar surface area (TPSA) is 40.5 Å². The van der Waals surface area contributed by atoms with Gasteiger partial charge in [0.1, 0.15) is 0 Å². The van der Waals surface area contributed by atoms with Gasteiger partial charge in [0.05, 0.1) is 50.2 Å². The van der Waals surface area contributed by atoms with Crippen LogP contribution in [0.25, 0.3) is 33.4 Å². The summed E-state index contributed by atoms with van der Waals surface area (Å²) in [5.41, 5.74) is -0.501. The van der Waals surface area contributed by atoms with Gasteiger partial charge >= 0.3 is 0 Å². The number of benzene rings is 4. The molecule has 0 fully saturated rings. The van der Waals surface area contributed by atoms with Gasteiger partial charge in [0.25, 0.3) is 0 Å². The number of H-pyrrole nitrogens is 1. The Labute approximate surface area is 336 Å². The monoisotopic (exact) mass is 695 g/mol. The molecule has 10 rings (SSSR count). The maximum Gasteiger partial charge on any atom is 0.0738 e. The molecule has 5 aromatic rings. The number of allylic oxidation sites excluding steroid dienone is 5. The minimum atomic E-state index is -0.694.